The van der Waals surface area contributed by atoms with Crippen LogP contribution in [0.1, 0.15) is 16.8 Å². The van der Waals surface area contributed by atoms with E-state index in [1.54, 1.807) is 6.20 Å². The van der Waals surface area contributed by atoms with Gasteiger partial charge in [-0.25, -0.2) is 4.98 Å². The molecule has 2 aromatic heterocycles. The lowest BCUT2D eigenvalue weighted by Crippen LogP contribution is -2.27. The van der Waals surface area contributed by atoms with Crippen LogP contribution < -0.4 is 5.32 Å². The minimum absolute atomic E-state index is 0.111. The van der Waals surface area contributed by atoms with Gasteiger partial charge in [0.1, 0.15) is 5.82 Å². The highest BCUT2D eigenvalue weighted by Crippen LogP contribution is 2.26. The van der Waals surface area contributed by atoms with E-state index in [-0.39, 0.29) is 5.91 Å². The molecule has 2 N–H and O–H groups in total. The van der Waals surface area contributed by atoms with E-state index in [1.807, 2.05) is 62.6 Å². The Bertz CT molecular complexity index is 1100. The zero-order valence-electron chi connectivity index (χ0n) is 16.1. The summed E-state index contributed by atoms with van der Waals surface area (Å²) in [5.41, 5.74) is 4.01. The van der Waals surface area contributed by atoms with Crippen molar-refractivity contribution in [3.8, 4) is 11.4 Å². The number of aromatic nitrogens is 3. The first-order valence-corrected chi connectivity index (χ1v) is 9.38. The maximum atomic E-state index is 12.9. The molecule has 0 bridgehead atoms. The zero-order valence-corrected chi connectivity index (χ0v) is 16.1. The van der Waals surface area contributed by atoms with Gasteiger partial charge in [-0.1, -0.05) is 18.2 Å². The molecule has 0 aliphatic heterocycles. The molecule has 1 amide bonds. The number of rotatable bonds is 6. The summed E-state index contributed by atoms with van der Waals surface area (Å²) < 4.78 is 0. The van der Waals surface area contributed by atoms with Crippen LogP contribution in [0.25, 0.3) is 33.3 Å². The van der Waals surface area contributed by atoms with Crippen LogP contribution in [0.15, 0.2) is 54.7 Å². The van der Waals surface area contributed by atoms with Crippen LogP contribution in [0, 0.1) is 0 Å². The van der Waals surface area contributed by atoms with Gasteiger partial charge in [0.2, 0.25) is 0 Å². The van der Waals surface area contributed by atoms with Crippen LogP contribution in [0.4, 0.5) is 0 Å². The van der Waals surface area contributed by atoms with Gasteiger partial charge in [0, 0.05) is 23.7 Å². The van der Waals surface area contributed by atoms with Crippen LogP contribution in [-0.2, 0) is 0 Å². The highest BCUT2D eigenvalue weighted by molar-refractivity contribution is 6.07. The van der Waals surface area contributed by atoms with Crippen LogP contribution in [0.5, 0.6) is 0 Å². The molecule has 4 aromatic rings. The molecule has 0 saturated carbocycles. The number of carbonyl (C=O) groups excluding carboxylic acids is 1. The van der Waals surface area contributed by atoms with Crippen molar-refractivity contribution < 1.29 is 4.79 Å². The maximum absolute atomic E-state index is 12.9. The predicted molar refractivity (Wildman–Crippen MR) is 112 cm³/mol. The van der Waals surface area contributed by atoms with Gasteiger partial charge >= 0.3 is 0 Å². The second-order valence-electron chi connectivity index (χ2n) is 7.11. The van der Waals surface area contributed by atoms with E-state index in [0.717, 1.165) is 40.8 Å². The molecule has 0 aliphatic rings. The molecule has 0 fully saturated rings. The van der Waals surface area contributed by atoms with E-state index in [0.29, 0.717) is 17.6 Å². The Balaban J connectivity index is 1.70. The quantitative estimate of drug-likeness (QED) is 0.508. The lowest BCUT2D eigenvalue weighted by atomic mass is 10.0. The summed E-state index contributed by atoms with van der Waals surface area (Å²) in [6.45, 7) is 1.55. The first kappa shape index (κ1) is 18.1. The van der Waals surface area contributed by atoms with Gasteiger partial charge in [-0.2, -0.15) is 0 Å². The van der Waals surface area contributed by atoms with Crippen molar-refractivity contribution in [3.63, 3.8) is 0 Å². The van der Waals surface area contributed by atoms with E-state index in [4.69, 9.17) is 0 Å². The molecule has 28 heavy (non-hydrogen) atoms. The number of carbonyl (C=O) groups is 1. The zero-order chi connectivity index (χ0) is 19.5. The van der Waals surface area contributed by atoms with Gasteiger partial charge in [-0.15, -0.1) is 0 Å². The molecular weight excluding hydrogens is 350 g/mol. The Morgan fingerprint density at radius 1 is 1.14 bits per heavy atom. The number of H-pyrrole nitrogens is 1. The minimum atomic E-state index is -0.111. The summed E-state index contributed by atoms with van der Waals surface area (Å²) in [5, 5.41) is 3.93. The minimum Gasteiger partial charge on any atom is -0.352 e. The second-order valence-corrected chi connectivity index (χ2v) is 7.11. The van der Waals surface area contributed by atoms with E-state index < -0.39 is 0 Å². The van der Waals surface area contributed by atoms with Crippen molar-refractivity contribution in [2.45, 2.75) is 6.42 Å². The average molecular weight is 373 g/mol. The molecule has 0 spiro atoms. The number of aromatic amines is 1. The Morgan fingerprint density at radius 3 is 2.82 bits per heavy atom. The molecule has 4 rings (SSSR count). The maximum Gasteiger partial charge on any atom is 0.253 e. The van der Waals surface area contributed by atoms with Gasteiger partial charge in [-0.05, 0) is 57.4 Å². The number of para-hydroxylation sites is 2. The van der Waals surface area contributed by atoms with Crippen LogP contribution >= 0.6 is 0 Å². The van der Waals surface area contributed by atoms with Crippen molar-refractivity contribution in [1.82, 2.24) is 25.2 Å². The van der Waals surface area contributed by atoms with Crippen molar-refractivity contribution >= 4 is 27.8 Å². The smallest absolute Gasteiger partial charge is 0.253 e. The molecule has 2 aromatic carbocycles. The molecule has 0 aliphatic carbocycles. The lowest BCUT2D eigenvalue weighted by molar-refractivity contribution is 0.0954. The van der Waals surface area contributed by atoms with Crippen molar-refractivity contribution in [2.75, 3.05) is 27.2 Å². The van der Waals surface area contributed by atoms with E-state index in [1.165, 1.54) is 0 Å². The Morgan fingerprint density at radius 2 is 2.00 bits per heavy atom. The fraction of sp³-hybridized carbons (Fsp3) is 0.227. The molecule has 0 unspecified atom stereocenters. The fourth-order valence-electron chi connectivity index (χ4n) is 3.28. The predicted octanol–water partition coefficient (Wildman–Crippen LogP) is 3.46. The Kier molecular flexibility index (Phi) is 5.04. The van der Waals surface area contributed by atoms with Crippen LogP contribution in [-0.4, -0.2) is 52.9 Å². The third kappa shape index (κ3) is 3.73. The summed E-state index contributed by atoms with van der Waals surface area (Å²) in [6.07, 6.45) is 2.61. The molecule has 0 radical (unpaired) electrons. The van der Waals surface area contributed by atoms with Gasteiger partial charge in [-0.3, -0.25) is 9.78 Å². The number of pyridine rings is 1. The van der Waals surface area contributed by atoms with E-state index >= 15 is 0 Å². The monoisotopic (exact) mass is 373 g/mol. The molecule has 6 nitrogen and oxygen atoms in total. The summed E-state index contributed by atoms with van der Waals surface area (Å²) in [4.78, 5) is 27.4. The normalized spacial score (nSPS) is 11.4. The molecular formula is C22H23N5O. The topological polar surface area (TPSA) is 73.9 Å². The number of benzene rings is 2. The first-order chi connectivity index (χ1) is 13.6. The number of imidazole rings is 1. The lowest BCUT2D eigenvalue weighted by Gasteiger charge is -2.11. The number of fused-ring (bicyclic) bond motifs is 2. The van der Waals surface area contributed by atoms with E-state index in [9.17, 15) is 4.79 Å². The average Bonchev–Trinajstić information content (AvgIpc) is 3.14. The standard InChI is InChI=1S/C22H23N5O/c1-27(2)12-6-11-24-22(28)17-14-16(13-15-7-5-10-23-20(15)17)21-25-18-8-3-4-9-19(18)26-21/h3-5,7-10,13-14H,6,11-12H2,1-2H3,(H,24,28)(H,25,26). The van der Waals surface area contributed by atoms with E-state index in [2.05, 4.69) is 25.2 Å². The number of nitrogens with zero attached hydrogens (tertiary/aromatic N) is 3. The number of hydrogen-bond acceptors (Lipinski definition) is 4. The SMILES string of the molecule is CN(C)CCCNC(=O)c1cc(-c2nc3ccccc3[nH]2)cc2cccnc12. The van der Waals surface area contributed by atoms with Gasteiger partial charge in [0.05, 0.1) is 22.1 Å². The molecule has 2 heterocycles. The number of amides is 1. The molecule has 6 heteroatoms. The highest BCUT2D eigenvalue weighted by atomic mass is 16.1. The third-order valence-electron chi connectivity index (χ3n) is 4.68. The summed E-state index contributed by atoms with van der Waals surface area (Å²) in [7, 11) is 4.05. The van der Waals surface area contributed by atoms with Crippen molar-refractivity contribution in [1.29, 1.82) is 0 Å². The largest absolute Gasteiger partial charge is 0.352 e. The fourth-order valence-corrected chi connectivity index (χ4v) is 3.28. The molecule has 0 atom stereocenters. The van der Waals surface area contributed by atoms with Crippen molar-refractivity contribution in [3.05, 3.63) is 60.3 Å². The van der Waals surface area contributed by atoms with Gasteiger partial charge in [0.25, 0.3) is 5.91 Å². The number of hydrogen-bond donors (Lipinski definition) is 2. The summed E-state index contributed by atoms with van der Waals surface area (Å²) in [5.74, 6) is 0.633. The highest BCUT2D eigenvalue weighted by Gasteiger charge is 2.15. The first-order valence-electron chi connectivity index (χ1n) is 9.38. The van der Waals surface area contributed by atoms with Gasteiger partial charge < -0.3 is 15.2 Å². The number of nitrogens with one attached hydrogen (secondary N) is 2. The summed E-state index contributed by atoms with van der Waals surface area (Å²) >= 11 is 0. The molecule has 0 saturated heterocycles. The second kappa shape index (κ2) is 7.78. The third-order valence-corrected chi connectivity index (χ3v) is 4.68. The molecule has 142 valence electrons. The Labute approximate surface area is 163 Å². The summed E-state index contributed by atoms with van der Waals surface area (Å²) in [6, 6.07) is 15.6. The van der Waals surface area contributed by atoms with Crippen molar-refractivity contribution in [2.24, 2.45) is 0 Å². The van der Waals surface area contributed by atoms with Crippen LogP contribution in [0.3, 0.4) is 0 Å². The van der Waals surface area contributed by atoms with Crippen LogP contribution in [0.2, 0.25) is 0 Å². The Hall–Kier alpha value is -3.25. The van der Waals surface area contributed by atoms with Gasteiger partial charge in [0.15, 0.2) is 0 Å².